The number of carbonyl (C=O) groups excluding carboxylic acids is 1. The molecule has 0 amide bonds. The van der Waals surface area contributed by atoms with E-state index in [-0.39, 0.29) is 5.97 Å². The van der Waals surface area contributed by atoms with E-state index in [1.54, 1.807) is 25.3 Å². The molecule has 0 radical (unpaired) electrons. The summed E-state index contributed by atoms with van der Waals surface area (Å²) in [5.74, 6) is -0.380. The lowest BCUT2D eigenvalue weighted by Gasteiger charge is -2.11. The lowest BCUT2D eigenvalue weighted by atomic mass is 9.99. The second kappa shape index (κ2) is 7.28. The van der Waals surface area contributed by atoms with Crippen LogP contribution in [0.3, 0.4) is 0 Å². The number of ether oxygens (including phenoxy) is 1. The predicted molar refractivity (Wildman–Crippen MR) is 96.1 cm³/mol. The number of carbonyl (C=O) groups is 1. The van der Waals surface area contributed by atoms with Crippen LogP contribution in [0.1, 0.15) is 17.3 Å². The molecule has 4 heteroatoms. The highest BCUT2D eigenvalue weighted by Gasteiger charge is 2.16. The van der Waals surface area contributed by atoms with Crippen LogP contribution in [-0.4, -0.2) is 17.6 Å². The number of pyridine rings is 1. The summed E-state index contributed by atoms with van der Waals surface area (Å²) in [5, 5.41) is 0.647. The Labute approximate surface area is 145 Å². The van der Waals surface area contributed by atoms with E-state index >= 15 is 0 Å². The maximum Gasteiger partial charge on any atom is 0.340 e. The fourth-order valence-electron chi connectivity index (χ4n) is 2.46. The van der Waals surface area contributed by atoms with Crippen LogP contribution in [0.4, 0.5) is 0 Å². The lowest BCUT2D eigenvalue weighted by Crippen LogP contribution is -2.07. The van der Waals surface area contributed by atoms with Crippen LogP contribution >= 0.6 is 11.6 Å². The van der Waals surface area contributed by atoms with Crippen molar-refractivity contribution in [2.45, 2.75) is 6.92 Å². The van der Waals surface area contributed by atoms with Gasteiger partial charge in [-0.25, -0.2) is 4.79 Å². The van der Waals surface area contributed by atoms with Crippen molar-refractivity contribution in [1.82, 2.24) is 4.98 Å². The number of hydrogen-bond donors (Lipinski definition) is 0. The first-order valence-electron chi connectivity index (χ1n) is 7.67. The molecule has 0 spiro atoms. The summed E-state index contributed by atoms with van der Waals surface area (Å²) >= 11 is 5.97. The Morgan fingerprint density at radius 2 is 1.75 bits per heavy atom. The van der Waals surface area contributed by atoms with Gasteiger partial charge in [0.25, 0.3) is 0 Å². The number of hydrogen-bond acceptors (Lipinski definition) is 3. The SMILES string of the molecule is CCOC(=O)c1cnc(-c2ccccc2)cc1-c1ccc(Cl)cc1. The zero-order valence-corrected chi connectivity index (χ0v) is 14.0. The minimum Gasteiger partial charge on any atom is -0.462 e. The molecule has 2 aromatic carbocycles. The Hall–Kier alpha value is -2.65. The standard InChI is InChI=1S/C20H16ClNO2/c1-2-24-20(23)18-13-22-19(15-6-4-3-5-7-15)12-17(18)14-8-10-16(21)11-9-14/h3-13H,2H2,1H3. The molecule has 0 bridgehead atoms. The number of halogens is 1. The molecule has 0 fully saturated rings. The summed E-state index contributed by atoms with van der Waals surface area (Å²) in [6.07, 6.45) is 1.57. The van der Waals surface area contributed by atoms with E-state index in [1.807, 2.05) is 48.5 Å². The Bertz CT molecular complexity index is 845. The van der Waals surface area contributed by atoms with E-state index in [2.05, 4.69) is 4.98 Å². The molecule has 3 nitrogen and oxygen atoms in total. The van der Waals surface area contributed by atoms with Crippen molar-refractivity contribution in [2.24, 2.45) is 0 Å². The third-order valence-electron chi connectivity index (χ3n) is 3.62. The molecule has 0 N–H and O–H groups in total. The van der Waals surface area contributed by atoms with Crippen molar-refractivity contribution >= 4 is 17.6 Å². The van der Waals surface area contributed by atoms with E-state index in [0.717, 1.165) is 22.4 Å². The van der Waals surface area contributed by atoms with E-state index in [0.29, 0.717) is 17.2 Å². The molecule has 24 heavy (non-hydrogen) atoms. The van der Waals surface area contributed by atoms with Crippen molar-refractivity contribution in [3.8, 4) is 22.4 Å². The number of rotatable bonds is 4. The molecule has 0 aliphatic carbocycles. The number of benzene rings is 2. The normalized spacial score (nSPS) is 10.4. The Morgan fingerprint density at radius 3 is 2.42 bits per heavy atom. The predicted octanol–water partition coefficient (Wildman–Crippen LogP) is 5.25. The molecule has 1 heterocycles. The summed E-state index contributed by atoms with van der Waals surface area (Å²) in [6.45, 7) is 2.10. The van der Waals surface area contributed by atoms with Gasteiger partial charge in [0, 0.05) is 16.8 Å². The van der Waals surface area contributed by atoms with Crippen LogP contribution in [0.15, 0.2) is 66.9 Å². The van der Waals surface area contributed by atoms with Gasteiger partial charge in [0.1, 0.15) is 0 Å². The molecule has 0 saturated carbocycles. The maximum absolute atomic E-state index is 12.3. The van der Waals surface area contributed by atoms with Crippen LogP contribution in [-0.2, 0) is 4.74 Å². The number of aromatic nitrogens is 1. The van der Waals surface area contributed by atoms with E-state index in [4.69, 9.17) is 16.3 Å². The van der Waals surface area contributed by atoms with Gasteiger partial charge >= 0.3 is 5.97 Å². The highest BCUT2D eigenvalue weighted by molar-refractivity contribution is 6.30. The maximum atomic E-state index is 12.3. The minimum absolute atomic E-state index is 0.319. The van der Waals surface area contributed by atoms with Gasteiger partial charge in [-0.15, -0.1) is 0 Å². The molecule has 0 aliphatic rings. The van der Waals surface area contributed by atoms with Gasteiger partial charge < -0.3 is 4.74 Å². The second-order valence-corrected chi connectivity index (χ2v) is 5.64. The van der Waals surface area contributed by atoms with Gasteiger partial charge in [0.2, 0.25) is 0 Å². The van der Waals surface area contributed by atoms with Gasteiger partial charge in [-0.2, -0.15) is 0 Å². The van der Waals surface area contributed by atoms with Crippen molar-refractivity contribution in [3.05, 3.63) is 77.4 Å². The summed E-state index contributed by atoms with van der Waals surface area (Å²) in [5.41, 5.74) is 3.90. The third-order valence-corrected chi connectivity index (χ3v) is 3.88. The lowest BCUT2D eigenvalue weighted by molar-refractivity contribution is 0.0527. The van der Waals surface area contributed by atoms with Crippen LogP contribution < -0.4 is 0 Å². The third kappa shape index (κ3) is 3.47. The topological polar surface area (TPSA) is 39.2 Å². The highest BCUT2D eigenvalue weighted by atomic mass is 35.5. The zero-order chi connectivity index (χ0) is 16.9. The van der Waals surface area contributed by atoms with Crippen molar-refractivity contribution in [2.75, 3.05) is 6.61 Å². The van der Waals surface area contributed by atoms with Gasteiger partial charge in [0.05, 0.1) is 17.9 Å². The second-order valence-electron chi connectivity index (χ2n) is 5.21. The first-order valence-corrected chi connectivity index (χ1v) is 8.05. The van der Waals surface area contributed by atoms with Crippen LogP contribution in [0.2, 0.25) is 5.02 Å². The molecule has 0 unspecified atom stereocenters. The molecular formula is C20H16ClNO2. The average molecular weight is 338 g/mol. The summed E-state index contributed by atoms with van der Waals surface area (Å²) in [4.78, 5) is 16.7. The van der Waals surface area contributed by atoms with Crippen molar-refractivity contribution in [3.63, 3.8) is 0 Å². The van der Waals surface area contributed by atoms with E-state index in [1.165, 1.54) is 0 Å². The summed E-state index contributed by atoms with van der Waals surface area (Å²) < 4.78 is 5.15. The first-order chi connectivity index (χ1) is 11.7. The van der Waals surface area contributed by atoms with Gasteiger partial charge in [-0.1, -0.05) is 54.1 Å². The van der Waals surface area contributed by atoms with Crippen LogP contribution in [0, 0.1) is 0 Å². The number of esters is 1. The fourth-order valence-corrected chi connectivity index (χ4v) is 2.59. The molecule has 3 rings (SSSR count). The van der Waals surface area contributed by atoms with E-state index < -0.39 is 0 Å². The van der Waals surface area contributed by atoms with Gasteiger partial charge in [0.15, 0.2) is 0 Å². The molecular weight excluding hydrogens is 322 g/mol. The largest absolute Gasteiger partial charge is 0.462 e. The molecule has 1 aromatic heterocycles. The van der Waals surface area contributed by atoms with Crippen LogP contribution in [0.5, 0.6) is 0 Å². The Kier molecular flexibility index (Phi) is 4.92. The molecule has 0 atom stereocenters. The van der Waals surface area contributed by atoms with Crippen molar-refractivity contribution in [1.29, 1.82) is 0 Å². The first kappa shape index (κ1) is 16.2. The van der Waals surface area contributed by atoms with Gasteiger partial charge in [-0.05, 0) is 36.2 Å². The Morgan fingerprint density at radius 1 is 1.04 bits per heavy atom. The van der Waals surface area contributed by atoms with Crippen LogP contribution in [0.25, 0.3) is 22.4 Å². The van der Waals surface area contributed by atoms with Gasteiger partial charge in [-0.3, -0.25) is 4.98 Å². The van der Waals surface area contributed by atoms with Crippen molar-refractivity contribution < 1.29 is 9.53 Å². The fraction of sp³-hybridized carbons (Fsp3) is 0.100. The Balaban J connectivity index is 2.13. The number of nitrogens with zero attached hydrogens (tertiary/aromatic N) is 1. The molecule has 120 valence electrons. The smallest absolute Gasteiger partial charge is 0.340 e. The monoisotopic (exact) mass is 337 g/mol. The average Bonchev–Trinajstić information content (AvgIpc) is 2.63. The summed E-state index contributed by atoms with van der Waals surface area (Å²) in [6, 6.07) is 19.1. The summed E-state index contributed by atoms with van der Waals surface area (Å²) in [7, 11) is 0. The molecule has 3 aromatic rings. The zero-order valence-electron chi connectivity index (χ0n) is 13.2. The molecule has 0 saturated heterocycles. The molecule has 0 aliphatic heterocycles. The van der Waals surface area contributed by atoms with E-state index in [9.17, 15) is 4.79 Å². The highest BCUT2D eigenvalue weighted by Crippen LogP contribution is 2.29. The quantitative estimate of drug-likeness (QED) is 0.611. The minimum atomic E-state index is -0.380.